The Labute approximate surface area is 135 Å². The molecule has 0 aromatic heterocycles. The summed E-state index contributed by atoms with van der Waals surface area (Å²) in [5.74, 6) is -1.21. The van der Waals surface area contributed by atoms with Crippen molar-refractivity contribution in [3.8, 4) is 0 Å². The Kier molecular flexibility index (Phi) is 4.67. The highest BCUT2D eigenvalue weighted by Gasteiger charge is 2.40. The molecule has 2 aliphatic rings. The van der Waals surface area contributed by atoms with Gasteiger partial charge in [0, 0.05) is 18.5 Å². The van der Waals surface area contributed by atoms with Crippen LogP contribution in [0, 0.1) is 23.0 Å². The van der Waals surface area contributed by atoms with Crippen molar-refractivity contribution in [1.29, 1.82) is 0 Å². The van der Waals surface area contributed by atoms with Crippen molar-refractivity contribution < 1.29 is 18.7 Å². The van der Waals surface area contributed by atoms with Crippen molar-refractivity contribution in [2.24, 2.45) is 11.3 Å². The number of aliphatic hydroxyl groups is 1. The lowest BCUT2D eigenvalue weighted by Gasteiger charge is -2.42. The second-order valence-corrected chi connectivity index (χ2v) is 7.15. The van der Waals surface area contributed by atoms with Gasteiger partial charge in [0.2, 0.25) is 5.91 Å². The van der Waals surface area contributed by atoms with E-state index in [1.54, 1.807) is 4.90 Å². The molecule has 1 heterocycles. The average Bonchev–Trinajstić information content (AvgIpc) is 3.35. The second kappa shape index (κ2) is 6.56. The van der Waals surface area contributed by atoms with Crippen molar-refractivity contribution in [1.82, 2.24) is 4.90 Å². The van der Waals surface area contributed by atoms with Gasteiger partial charge in [-0.1, -0.05) is 18.9 Å². The van der Waals surface area contributed by atoms with Crippen LogP contribution in [0.25, 0.3) is 0 Å². The standard InChI is InChI=1S/C18H23F2NO2/c19-15-5-4-14(8-16(15)20)9-17(23)21-7-1-6-18(11-21,12-22)10-13-2-3-13/h4-5,8,13,22H,1-3,6-7,9-12H2. The first-order chi connectivity index (χ1) is 11.0. The minimum Gasteiger partial charge on any atom is -0.396 e. The summed E-state index contributed by atoms with van der Waals surface area (Å²) in [6.07, 6.45) is 5.35. The number of rotatable bonds is 5. The van der Waals surface area contributed by atoms with E-state index < -0.39 is 11.6 Å². The van der Waals surface area contributed by atoms with Gasteiger partial charge in [0.1, 0.15) is 0 Å². The molecule has 126 valence electrons. The highest BCUT2D eigenvalue weighted by atomic mass is 19.2. The normalized spacial score (nSPS) is 24.7. The zero-order chi connectivity index (χ0) is 16.4. The van der Waals surface area contributed by atoms with Gasteiger partial charge in [-0.3, -0.25) is 4.79 Å². The van der Waals surface area contributed by atoms with E-state index in [0.717, 1.165) is 31.4 Å². The van der Waals surface area contributed by atoms with Gasteiger partial charge >= 0.3 is 0 Å². The number of piperidine rings is 1. The van der Waals surface area contributed by atoms with Gasteiger partial charge in [0.25, 0.3) is 0 Å². The first kappa shape index (κ1) is 16.4. The van der Waals surface area contributed by atoms with Crippen molar-refractivity contribution in [3.63, 3.8) is 0 Å². The lowest BCUT2D eigenvalue weighted by atomic mass is 9.76. The zero-order valence-corrected chi connectivity index (χ0v) is 13.2. The largest absolute Gasteiger partial charge is 0.396 e. The fraction of sp³-hybridized carbons (Fsp3) is 0.611. The third-order valence-electron chi connectivity index (χ3n) is 5.11. The molecule has 0 bridgehead atoms. The highest BCUT2D eigenvalue weighted by Crippen LogP contribution is 2.44. The monoisotopic (exact) mass is 323 g/mol. The van der Waals surface area contributed by atoms with Crippen molar-refractivity contribution in [3.05, 3.63) is 35.4 Å². The molecule has 1 amide bonds. The number of carbonyl (C=O) groups is 1. The minimum atomic E-state index is -0.924. The van der Waals surface area contributed by atoms with Crippen LogP contribution in [0.3, 0.4) is 0 Å². The lowest BCUT2D eigenvalue weighted by Crippen LogP contribution is -2.48. The van der Waals surface area contributed by atoms with Crippen molar-refractivity contribution >= 4 is 5.91 Å². The summed E-state index contributed by atoms with van der Waals surface area (Å²) >= 11 is 0. The summed E-state index contributed by atoms with van der Waals surface area (Å²) in [5, 5.41) is 9.85. The quantitative estimate of drug-likeness (QED) is 0.905. The number of likely N-dealkylation sites (tertiary alicyclic amines) is 1. The van der Waals surface area contributed by atoms with E-state index in [4.69, 9.17) is 0 Å². The Morgan fingerprint density at radius 3 is 2.74 bits per heavy atom. The molecule has 1 atom stereocenters. The topological polar surface area (TPSA) is 40.5 Å². The number of halogens is 2. The summed E-state index contributed by atoms with van der Waals surface area (Å²) < 4.78 is 26.2. The Hall–Kier alpha value is -1.49. The number of hydrogen-bond acceptors (Lipinski definition) is 2. The molecule has 23 heavy (non-hydrogen) atoms. The first-order valence-corrected chi connectivity index (χ1v) is 8.34. The van der Waals surface area contributed by atoms with E-state index in [1.165, 1.54) is 18.9 Å². The molecule has 1 aromatic carbocycles. The van der Waals surface area contributed by atoms with Gasteiger partial charge < -0.3 is 10.0 Å². The zero-order valence-electron chi connectivity index (χ0n) is 13.2. The first-order valence-electron chi connectivity index (χ1n) is 8.34. The van der Waals surface area contributed by atoms with Gasteiger partial charge in [-0.15, -0.1) is 0 Å². The maximum absolute atomic E-state index is 13.3. The van der Waals surface area contributed by atoms with E-state index in [-0.39, 0.29) is 24.3 Å². The van der Waals surface area contributed by atoms with Crippen LogP contribution in [-0.2, 0) is 11.2 Å². The van der Waals surface area contributed by atoms with Gasteiger partial charge in [-0.25, -0.2) is 8.78 Å². The molecule has 0 radical (unpaired) electrons. The number of benzene rings is 1. The van der Waals surface area contributed by atoms with Crippen LogP contribution in [0.5, 0.6) is 0 Å². The van der Waals surface area contributed by atoms with Gasteiger partial charge in [0.15, 0.2) is 11.6 Å². The molecule has 1 aromatic rings. The van der Waals surface area contributed by atoms with E-state index in [9.17, 15) is 18.7 Å². The van der Waals surface area contributed by atoms with Crippen LogP contribution in [0.2, 0.25) is 0 Å². The number of nitrogens with zero attached hydrogens (tertiary/aromatic N) is 1. The molecule has 1 aliphatic carbocycles. The molecule has 3 nitrogen and oxygen atoms in total. The Bertz CT molecular complexity index is 588. The van der Waals surface area contributed by atoms with E-state index >= 15 is 0 Å². The van der Waals surface area contributed by atoms with Gasteiger partial charge in [0.05, 0.1) is 13.0 Å². The molecule has 5 heteroatoms. The van der Waals surface area contributed by atoms with Crippen molar-refractivity contribution in [2.75, 3.05) is 19.7 Å². The maximum Gasteiger partial charge on any atom is 0.227 e. The van der Waals surface area contributed by atoms with Crippen LogP contribution in [-0.4, -0.2) is 35.6 Å². The van der Waals surface area contributed by atoms with E-state index in [2.05, 4.69) is 0 Å². The van der Waals surface area contributed by atoms with Crippen LogP contribution in [0.1, 0.15) is 37.7 Å². The SMILES string of the molecule is O=C(Cc1ccc(F)c(F)c1)N1CCCC(CO)(CC2CC2)C1. The van der Waals surface area contributed by atoms with Crippen LogP contribution in [0.4, 0.5) is 8.78 Å². The van der Waals surface area contributed by atoms with Gasteiger partial charge in [-0.2, -0.15) is 0 Å². The lowest BCUT2D eigenvalue weighted by molar-refractivity contribution is -0.135. The number of aliphatic hydroxyl groups excluding tert-OH is 1. The molecule has 2 fully saturated rings. The summed E-state index contributed by atoms with van der Waals surface area (Å²) in [7, 11) is 0. The fourth-order valence-corrected chi connectivity index (χ4v) is 3.65. The Morgan fingerprint density at radius 1 is 1.30 bits per heavy atom. The van der Waals surface area contributed by atoms with Gasteiger partial charge in [-0.05, 0) is 42.9 Å². The summed E-state index contributed by atoms with van der Waals surface area (Å²) in [6.45, 7) is 1.36. The Morgan fingerprint density at radius 2 is 2.09 bits per heavy atom. The third-order valence-corrected chi connectivity index (χ3v) is 5.11. The highest BCUT2D eigenvalue weighted by molar-refractivity contribution is 5.79. The summed E-state index contributed by atoms with van der Waals surface area (Å²) in [6, 6.07) is 3.59. The Balaban J connectivity index is 1.65. The minimum absolute atomic E-state index is 0.0716. The van der Waals surface area contributed by atoms with Crippen molar-refractivity contribution in [2.45, 2.75) is 38.5 Å². The summed E-state index contributed by atoms with van der Waals surface area (Å²) in [4.78, 5) is 14.3. The van der Waals surface area contributed by atoms with Crippen LogP contribution >= 0.6 is 0 Å². The average molecular weight is 323 g/mol. The molecule has 0 spiro atoms. The van der Waals surface area contributed by atoms with Crippen LogP contribution in [0.15, 0.2) is 18.2 Å². The van der Waals surface area contributed by atoms with Crippen LogP contribution < -0.4 is 0 Å². The molecule has 1 unspecified atom stereocenters. The predicted octanol–water partition coefficient (Wildman–Crippen LogP) is 2.91. The molecule has 1 N–H and O–H groups in total. The third kappa shape index (κ3) is 3.89. The maximum atomic E-state index is 13.3. The number of hydrogen-bond donors (Lipinski definition) is 1. The predicted molar refractivity (Wildman–Crippen MR) is 82.7 cm³/mol. The number of amides is 1. The summed E-state index contributed by atoms with van der Waals surface area (Å²) in [5.41, 5.74) is 0.305. The number of carbonyl (C=O) groups excluding carboxylic acids is 1. The second-order valence-electron chi connectivity index (χ2n) is 7.15. The smallest absolute Gasteiger partial charge is 0.227 e. The molecule has 1 aliphatic heterocycles. The molecule has 1 saturated carbocycles. The molecular weight excluding hydrogens is 300 g/mol. The molecule has 1 saturated heterocycles. The van der Waals surface area contributed by atoms with E-state index in [0.29, 0.717) is 24.6 Å². The fourth-order valence-electron chi connectivity index (χ4n) is 3.65. The molecular formula is C18H23F2NO2. The molecule has 3 rings (SSSR count). The van der Waals surface area contributed by atoms with E-state index in [1.807, 2.05) is 0 Å².